The molecular formula is C13H16N2O3S. The van der Waals surface area contributed by atoms with Crippen molar-refractivity contribution in [1.29, 1.82) is 0 Å². The fourth-order valence-electron chi connectivity index (χ4n) is 1.68. The molecule has 102 valence electrons. The van der Waals surface area contributed by atoms with Crippen molar-refractivity contribution in [2.24, 2.45) is 0 Å². The highest BCUT2D eigenvalue weighted by Gasteiger charge is 2.13. The Balaban J connectivity index is 2.23. The Kier molecular flexibility index (Phi) is 4.57. The van der Waals surface area contributed by atoms with Crippen molar-refractivity contribution in [2.45, 2.75) is 18.3 Å². The number of nitrogens with one attached hydrogen (secondary N) is 1. The minimum Gasteiger partial charge on any atom is -0.394 e. The van der Waals surface area contributed by atoms with Crippen molar-refractivity contribution in [3.05, 3.63) is 40.4 Å². The van der Waals surface area contributed by atoms with E-state index in [1.165, 1.54) is 11.8 Å². The molecule has 1 heterocycles. The number of aliphatic hydroxyl groups excluding tert-OH is 2. The van der Waals surface area contributed by atoms with Crippen molar-refractivity contribution in [1.82, 2.24) is 9.97 Å². The highest BCUT2D eigenvalue weighted by molar-refractivity contribution is 7.99. The maximum atomic E-state index is 11.9. The van der Waals surface area contributed by atoms with Crippen LogP contribution in [0.15, 0.2) is 29.1 Å². The number of nitrogens with zero attached hydrogens (tertiary/aromatic N) is 1. The predicted molar refractivity (Wildman–Crippen MR) is 76.3 cm³/mol. The zero-order valence-corrected chi connectivity index (χ0v) is 11.4. The van der Waals surface area contributed by atoms with E-state index in [4.69, 9.17) is 5.11 Å². The van der Waals surface area contributed by atoms with E-state index in [2.05, 4.69) is 9.97 Å². The Bertz CT molecular complexity index is 614. The molecule has 0 aliphatic heterocycles. The second-order valence-corrected chi connectivity index (χ2v) is 5.65. The van der Waals surface area contributed by atoms with E-state index >= 15 is 0 Å². The first kappa shape index (κ1) is 14.0. The monoisotopic (exact) mass is 280 g/mol. The summed E-state index contributed by atoms with van der Waals surface area (Å²) in [6, 6.07) is 7.17. The molecule has 0 spiro atoms. The topological polar surface area (TPSA) is 86.2 Å². The number of fused-ring (bicyclic) bond motifs is 1. The van der Waals surface area contributed by atoms with Crippen molar-refractivity contribution in [3.8, 4) is 0 Å². The third-order valence-electron chi connectivity index (χ3n) is 2.77. The Morgan fingerprint density at radius 3 is 2.89 bits per heavy atom. The van der Waals surface area contributed by atoms with Crippen LogP contribution in [0.3, 0.4) is 0 Å². The largest absolute Gasteiger partial charge is 0.394 e. The molecule has 0 bridgehead atoms. The number of hydrogen-bond donors (Lipinski definition) is 3. The molecule has 0 radical (unpaired) electrons. The average molecular weight is 280 g/mol. The van der Waals surface area contributed by atoms with E-state index in [1.807, 2.05) is 13.0 Å². The molecule has 0 aliphatic rings. The molecule has 6 heteroatoms. The smallest absolute Gasteiger partial charge is 0.258 e. The van der Waals surface area contributed by atoms with Gasteiger partial charge in [0.1, 0.15) is 5.82 Å². The van der Waals surface area contributed by atoms with Crippen molar-refractivity contribution >= 4 is 22.7 Å². The van der Waals surface area contributed by atoms with Gasteiger partial charge in [0.25, 0.3) is 5.56 Å². The highest BCUT2D eigenvalue weighted by atomic mass is 32.2. The highest BCUT2D eigenvalue weighted by Crippen LogP contribution is 2.26. The van der Waals surface area contributed by atoms with Crippen LogP contribution in [0.5, 0.6) is 0 Å². The third-order valence-corrected chi connectivity index (χ3v) is 4.07. The van der Waals surface area contributed by atoms with Gasteiger partial charge in [0, 0.05) is 5.75 Å². The van der Waals surface area contributed by atoms with Crippen molar-refractivity contribution in [2.75, 3.05) is 12.4 Å². The summed E-state index contributed by atoms with van der Waals surface area (Å²) in [5.41, 5.74) is 0.507. The first-order valence-corrected chi connectivity index (χ1v) is 7.06. The van der Waals surface area contributed by atoms with Crippen LogP contribution in [0.25, 0.3) is 10.9 Å². The van der Waals surface area contributed by atoms with Crippen molar-refractivity contribution in [3.63, 3.8) is 0 Å². The summed E-state index contributed by atoms with van der Waals surface area (Å²) >= 11 is 1.44. The van der Waals surface area contributed by atoms with Gasteiger partial charge in [-0.25, -0.2) is 4.98 Å². The summed E-state index contributed by atoms with van der Waals surface area (Å²) in [5, 5.41) is 18.6. The Morgan fingerprint density at radius 1 is 1.42 bits per heavy atom. The van der Waals surface area contributed by atoms with Gasteiger partial charge in [0.2, 0.25) is 0 Å². The van der Waals surface area contributed by atoms with E-state index < -0.39 is 6.10 Å². The van der Waals surface area contributed by atoms with Crippen LogP contribution in [0, 0.1) is 0 Å². The summed E-state index contributed by atoms with van der Waals surface area (Å²) in [4.78, 5) is 19.1. The minimum atomic E-state index is -0.750. The van der Waals surface area contributed by atoms with Crippen LogP contribution in [0.2, 0.25) is 0 Å². The SMILES string of the molecule is C[C@H](SC[C@@H](O)CO)c1nc2ccccc2c(=O)[nH]1. The average Bonchev–Trinajstić information content (AvgIpc) is 2.44. The molecule has 0 saturated carbocycles. The van der Waals surface area contributed by atoms with E-state index in [1.54, 1.807) is 18.2 Å². The van der Waals surface area contributed by atoms with E-state index in [9.17, 15) is 9.90 Å². The van der Waals surface area contributed by atoms with Crippen LogP contribution < -0.4 is 5.56 Å². The molecule has 2 atom stereocenters. The Morgan fingerprint density at radius 2 is 2.16 bits per heavy atom. The van der Waals surface area contributed by atoms with Gasteiger partial charge in [-0.2, -0.15) is 0 Å². The van der Waals surface area contributed by atoms with Gasteiger partial charge in [-0.3, -0.25) is 4.79 Å². The van der Waals surface area contributed by atoms with Crippen LogP contribution in [-0.2, 0) is 0 Å². The second kappa shape index (κ2) is 6.18. The first-order valence-electron chi connectivity index (χ1n) is 6.01. The quantitative estimate of drug-likeness (QED) is 0.762. The normalized spacial score (nSPS) is 14.5. The summed E-state index contributed by atoms with van der Waals surface area (Å²) in [6.07, 6.45) is -0.750. The maximum absolute atomic E-state index is 11.9. The first-order chi connectivity index (χ1) is 9.11. The number of hydrogen-bond acceptors (Lipinski definition) is 5. The number of rotatable bonds is 5. The number of aromatic amines is 1. The molecule has 0 fully saturated rings. The summed E-state index contributed by atoms with van der Waals surface area (Å²) in [5.74, 6) is 0.979. The number of benzene rings is 1. The molecule has 5 nitrogen and oxygen atoms in total. The van der Waals surface area contributed by atoms with Gasteiger partial charge in [-0.05, 0) is 19.1 Å². The third kappa shape index (κ3) is 3.34. The molecule has 2 aromatic rings. The fourth-order valence-corrected chi connectivity index (χ4v) is 2.57. The molecular weight excluding hydrogens is 264 g/mol. The lowest BCUT2D eigenvalue weighted by molar-refractivity contribution is 0.113. The zero-order chi connectivity index (χ0) is 13.8. The van der Waals surface area contributed by atoms with Gasteiger partial charge < -0.3 is 15.2 Å². The number of thioether (sulfide) groups is 1. The van der Waals surface area contributed by atoms with E-state index in [-0.39, 0.29) is 17.4 Å². The van der Waals surface area contributed by atoms with Gasteiger partial charge >= 0.3 is 0 Å². The second-order valence-electron chi connectivity index (χ2n) is 4.28. The van der Waals surface area contributed by atoms with Crippen LogP contribution in [-0.4, -0.2) is 38.6 Å². The molecule has 1 aromatic carbocycles. The maximum Gasteiger partial charge on any atom is 0.258 e. The summed E-state index contributed by atoms with van der Waals surface area (Å²) in [6.45, 7) is 1.64. The van der Waals surface area contributed by atoms with Crippen LogP contribution >= 0.6 is 11.8 Å². The zero-order valence-electron chi connectivity index (χ0n) is 10.5. The summed E-state index contributed by atoms with van der Waals surface area (Å²) < 4.78 is 0. The molecule has 0 saturated heterocycles. The molecule has 19 heavy (non-hydrogen) atoms. The van der Waals surface area contributed by atoms with Crippen LogP contribution in [0.1, 0.15) is 18.0 Å². The number of para-hydroxylation sites is 1. The number of aliphatic hydroxyl groups is 2. The standard InChI is InChI=1S/C13H16N2O3S/c1-8(19-7-9(17)6-16)12-14-11-5-3-2-4-10(11)13(18)15-12/h2-5,8-9,16-17H,6-7H2,1H3,(H,14,15,18)/t8-,9-/m0/s1. The molecule has 3 N–H and O–H groups in total. The molecule has 0 unspecified atom stereocenters. The van der Waals surface area contributed by atoms with Gasteiger partial charge in [-0.15, -0.1) is 11.8 Å². The van der Waals surface area contributed by atoms with Gasteiger partial charge in [0.05, 0.1) is 28.9 Å². The fraction of sp³-hybridized carbons (Fsp3) is 0.385. The predicted octanol–water partition coefficient (Wildman–Crippen LogP) is 1.07. The molecule has 1 aromatic heterocycles. The number of H-pyrrole nitrogens is 1. The summed E-state index contributed by atoms with van der Waals surface area (Å²) in [7, 11) is 0. The number of aromatic nitrogens is 2. The lowest BCUT2D eigenvalue weighted by Crippen LogP contribution is -2.17. The van der Waals surface area contributed by atoms with E-state index in [0.717, 1.165) is 0 Å². The Labute approximate surface area is 114 Å². The Hall–Kier alpha value is -1.37. The van der Waals surface area contributed by atoms with Crippen LogP contribution in [0.4, 0.5) is 0 Å². The van der Waals surface area contributed by atoms with Crippen molar-refractivity contribution < 1.29 is 10.2 Å². The minimum absolute atomic E-state index is 0.0569. The van der Waals surface area contributed by atoms with Gasteiger partial charge in [0.15, 0.2) is 0 Å². The van der Waals surface area contributed by atoms with Gasteiger partial charge in [-0.1, -0.05) is 12.1 Å². The van der Waals surface area contributed by atoms with E-state index in [0.29, 0.717) is 22.5 Å². The lowest BCUT2D eigenvalue weighted by atomic mass is 10.2. The molecule has 0 aliphatic carbocycles. The molecule has 0 amide bonds. The molecule has 2 rings (SSSR count). The lowest BCUT2D eigenvalue weighted by Gasteiger charge is -2.13.